The van der Waals surface area contributed by atoms with Gasteiger partial charge < -0.3 is 15.3 Å². The van der Waals surface area contributed by atoms with Crippen molar-refractivity contribution in [2.45, 2.75) is 56.8 Å². The van der Waals surface area contributed by atoms with E-state index in [9.17, 15) is 4.79 Å². The molecule has 0 spiro atoms. The van der Waals surface area contributed by atoms with Gasteiger partial charge in [-0.1, -0.05) is 48.0 Å². The number of nitrogens with zero attached hydrogens (tertiary/aromatic N) is 5. The van der Waals surface area contributed by atoms with Crippen molar-refractivity contribution in [1.29, 1.82) is 0 Å². The molecule has 3 N–H and O–H groups in total. The predicted molar refractivity (Wildman–Crippen MR) is 139 cm³/mol. The lowest BCUT2D eigenvalue weighted by molar-refractivity contribution is -0.122. The number of carbonyl (C=O) groups is 2. The zero-order chi connectivity index (χ0) is 25.8. The topological polar surface area (TPSA) is 129 Å². The summed E-state index contributed by atoms with van der Waals surface area (Å²) in [6.45, 7) is 0.411. The van der Waals surface area contributed by atoms with Crippen molar-refractivity contribution in [3.63, 3.8) is 0 Å². The fourth-order valence-corrected chi connectivity index (χ4v) is 5.61. The molecule has 10 heteroatoms. The van der Waals surface area contributed by atoms with Crippen LogP contribution in [0.1, 0.15) is 48.2 Å². The molecule has 2 aliphatic heterocycles. The number of benzene rings is 2. The first-order valence-electron chi connectivity index (χ1n) is 12.6. The SMILES string of the molecule is CN1C2CCCC1CC(NC(=O)c1n[nH]c3ccc(-c4cn(Cc5ccccc5)nn4)cc13)C2.O=CO. The normalized spacial score (nSPS) is 21.2. The molecule has 1 amide bonds. The van der Waals surface area contributed by atoms with Crippen molar-refractivity contribution in [1.82, 2.24) is 35.4 Å². The molecule has 2 aromatic heterocycles. The lowest BCUT2D eigenvalue weighted by atomic mass is 9.82. The third-order valence-electron chi connectivity index (χ3n) is 7.47. The van der Waals surface area contributed by atoms with Gasteiger partial charge >= 0.3 is 0 Å². The second kappa shape index (κ2) is 10.9. The van der Waals surface area contributed by atoms with Crippen LogP contribution in [-0.4, -0.2) is 72.8 Å². The first-order valence-corrected chi connectivity index (χ1v) is 12.6. The van der Waals surface area contributed by atoms with Crippen LogP contribution >= 0.6 is 0 Å². The summed E-state index contributed by atoms with van der Waals surface area (Å²) < 4.78 is 1.83. The minimum absolute atomic E-state index is 0.108. The molecule has 2 saturated heterocycles. The summed E-state index contributed by atoms with van der Waals surface area (Å²) in [5.41, 5.74) is 4.13. The number of aromatic amines is 1. The van der Waals surface area contributed by atoms with Crippen LogP contribution in [0.4, 0.5) is 0 Å². The number of carbonyl (C=O) groups excluding carboxylic acids is 1. The fraction of sp³-hybridized carbons (Fsp3) is 0.370. The number of amides is 1. The number of piperidine rings is 2. The van der Waals surface area contributed by atoms with Crippen molar-refractivity contribution in [3.05, 3.63) is 66.0 Å². The third kappa shape index (κ3) is 5.39. The van der Waals surface area contributed by atoms with Crippen LogP contribution in [0.2, 0.25) is 0 Å². The Balaban J connectivity index is 0.000000892. The Kier molecular flexibility index (Phi) is 7.27. The molecule has 4 aromatic rings. The molecule has 37 heavy (non-hydrogen) atoms. The van der Waals surface area contributed by atoms with E-state index in [2.05, 4.69) is 49.9 Å². The predicted octanol–water partition coefficient (Wildman–Crippen LogP) is 3.32. The van der Waals surface area contributed by atoms with Gasteiger partial charge in [-0.15, -0.1) is 5.10 Å². The minimum Gasteiger partial charge on any atom is -0.483 e. The monoisotopic (exact) mass is 501 g/mol. The number of H-pyrrole nitrogens is 1. The molecule has 10 nitrogen and oxygen atoms in total. The summed E-state index contributed by atoms with van der Waals surface area (Å²) in [6.07, 6.45) is 7.69. The summed E-state index contributed by atoms with van der Waals surface area (Å²) in [5, 5.41) is 27.0. The van der Waals surface area contributed by atoms with E-state index >= 15 is 0 Å². The van der Waals surface area contributed by atoms with E-state index in [1.807, 2.05) is 47.3 Å². The van der Waals surface area contributed by atoms with E-state index in [0.29, 0.717) is 24.3 Å². The molecule has 192 valence electrons. The van der Waals surface area contributed by atoms with E-state index < -0.39 is 0 Å². The summed E-state index contributed by atoms with van der Waals surface area (Å²) in [5.74, 6) is -0.108. The van der Waals surface area contributed by atoms with Crippen LogP contribution in [-0.2, 0) is 11.3 Å². The molecular weight excluding hydrogens is 470 g/mol. The first-order chi connectivity index (χ1) is 18.1. The Morgan fingerprint density at radius 2 is 1.89 bits per heavy atom. The molecule has 6 rings (SSSR count). The van der Waals surface area contributed by atoms with Crippen LogP contribution in [0.15, 0.2) is 54.7 Å². The smallest absolute Gasteiger partial charge is 0.290 e. The van der Waals surface area contributed by atoms with E-state index in [-0.39, 0.29) is 18.4 Å². The maximum atomic E-state index is 13.2. The summed E-state index contributed by atoms with van der Waals surface area (Å²) in [6, 6.07) is 17.4. The van der Waals surface area contributed by atoms with E-state index in [0.717, 1.165) is 35.0 Å². The van der Waals surface area contributed by atoms with Crippen LogP contribution in [0.3, 0.4) is 0 Å². The van der Waals surface area contributed by atoms with Gasteiger partial charge in [-0.2, -0.15) is 5.10 Å². The number of fused-ring (bicyclic) bond motifs is 3. The Morgan fingerprint density at radius 3 is 2.62 bits per heavy atom. The number of rotatable bonds is 5. The van der Waals surface area contributed by atoms with Gasteiger partial charge in [-0.25, -0.2) is 4.68 Å². The van der Waals surface area contributed by atoms with Crippen LogP contribution < -0.4 is 5.32 Å². The molecule has 2 aliphatic rings. The van der Waals surface area contributed by atoms with Gasteiger partial charge in [0.15, 0.2) is 5.69 Å². The second-order valence-corrected chi connectivity index (χ2v) is 9.77. The Morgan fingerprint density at radius 1 is 1.16 bits per heavy atom. The average Bonchev–Trinajstić information content (AvgIpc) is 3.52. The highest BCUT2D eigenvalue weighted by molar-refractivity contribution is 6.05. The zero-order valence-corrected chi connectivity index (χ0v) is 20.7. The van der Waals surface area contributed by atoms with E-state index in [1.165, 1.54) is 24.8 Å². The average molecular weight is 502 g/mol. The molecule has 0 aliphatic carbocycles. The van der Waals surface area contributed by atoms with Crippen molar-refractivity contribution in [2.24, 2.45) is 0 Å². The highest BCUT2D eigenvalue weighted by Crippen LogP contribution is 2.33. The number of hydrogen-bond acceptors (Lipinski definition) is 6. The van der Waals surface area contributed by atoms with Gasteiger partial charge in [0.25, 0.3) is 12.4 Å². The number of nitrogens with one attached hydrogen (secondary N) is 2. The van der Waals surface area contributed by atoms with Crippen LogP contribution in [0.25, 0.3) is 22.2 Å². The van der Waals surface area contributed by atoms with Gasteiger partial charge in [0.05, 0.1) is 18.3 Å². The lowest BCUT2D eigenvalue weighted by Crippen LogP contribution is -2.55. The Bertz CT molecular complexity index is 1350. The third-order valence-corrected chi connectivity index (χ3v) is 7.47. The molecule has 2 aromatic carbocycles. The maximum absolute atomic E-state index is 13.2. The highest BCUT2D eigenvalue weighted by atomic mass is 16.3. The summed E-state index contributed by atoms with van der Waals surface area (Å²) in [4.78, 5) is 24.1. The number of carboxylic acid groups (broad SMARTS) is 1. The highest BCUT2D eigenvalue weighted by Gasteiger charge is 2.36. The van der Waals surface area contributed by atoms with Gasteiger partial charge in [0, 0.05) is 29.1 Å². The molecule has 0 radical (unpaired) electrons. The van der Waals surface area contributed by atoms with Gasteiger partial charge in [-0.05, 0) is 50.4 Å². The van der Waals surface area contributed by atoms with Gasteiger partial charge in [0.2, 0.25) is 0 Å². The van der Waals surface area contributed by atoms with Crippen molar-refractivity contribution >= 4 is 23.3 Å². The summed E-state index contributed by atoms with van der Waals surface area (Å²) >= 11 is 0. The molecule has 2 bridgehead atoms. The Hall–Kier alpha value is -4.05. The lowest BCUT2D eigenvalue weighted by Gasteiger charge is -2.47. The molecule has 2 unspecified atom stereocenters. The molecule has 4 heterocycles. The van der Waals surface area contributed by atoms with Gasteiger partial charge in [0.1, 0.15) is 5.69 Å². The molecule has 0 saturated carbocycles. The van der Waals surface area contributed by atoms with Crippen LogP contribution in [0, 0.1) is 0 Å². The van der Waals surface area contributed by atoms with Crippen molar-refractivity contribution in [2.75, 3.05) is 7.05 Å². The minimum atomic E-state index is -0.250. The molecule has 2 fully saturated rings. The molecule has 2 atom stereocenters. The standard InChI is InChI=1S/C26H29N7O.CH2O2/c1-32-20-8-5-9-21(32)14-19(13-20)27-26(34)25-22-12-18(10-11-23(22)28-30-25)24-16-33(31-29-24)15-17-6-3-2-4-7-17;2-1-3/h2-4,6-7,10-12,16,19-21H,5,8-9,13-15H2,1H3,(H,27,34)(H,28,30);1H,(H,2,3). The van der Waals surface area contributed by atoms with Crippen molar-refractivity contribution < 1.29 is 14.7 Å². The Labute approximate surface area is 214 Å². The van der Waals surface area contributed by atoms with Crippen LogP contribution in [0.5, 0.6) is 0 Å². The fourth-order valence-electron chi connectivity index (χ4n) is 5.61. The summed E-state index contributed by atoms with van der Waals surface area (Å²) in [7, 11) is 2.23. The zero-order valence-electron chi connectivity index (χ0n) is 20.7. The number of hydrogen-bond donors (Lipinski definition) is 3. The number of aromatic nitrogens is 5. The van der Waals surface area contributed by atoms with Crippen molar-refractivity contribution in [3.8, 4) is 11.3 Å². The maximum Gasteiger partial charge on any atom is 0.290 e. The largest absolute Gasteiger partial charge is 0.483 e. The second-order valence-electron chi connectivity index (χ2n) is 9.77. The first kappa shape index (κ1) is 24.6. The molecular formula is C27H31N7O3. The van der Waals surface area contributed by atoms with E-state index in [4.69, 9.17) is 9.90 Å². The quantitative estimate of drug-likeness (QED) is 0.358. The van der Waals surface area contributed by atoms with E-state index in [1.54, 1.807) is 0 Å². The van der Waals surface area contributed by atoms with Gasteiger partial charge in [-0.3, -0.25) is 14.7 Å².